The van der Waals surface area contributed by atoms with Crippen LogP contribution >= 0.6 is 11.6 Å². The summed E-state index contributed by atoms with van der Waals surface area (Å²) in [6.07, 6.45) is 0. The van der Waals surface area contributed by atoms with Gasteiger partial charge >= 0.3 is 5.97 Å². The highest BCUT2D eigenvalue weighted by Gasteiger charge is 2.37. The van der Waals surface area contributed by atoms with Gasteiger partial charge in [0.05, 0.1) is 42.2 Å². The lowest BCUT2D eigenvalue weighted by Gasteiger charge is -2.31. The molecule has 1 atom stereocenters. The van der Waals surface area contributed by atoms with Gasteiger partial charge in [-0.1, -0.05) is 44.5 Å². The summed E-state index contributed by atoms with van der Waals surface area (Å²) in [5.74, 6) is 0.362. The van der Waals surface area contributed by atoms with Gasteiger partial charge in [-0.05, 0) is 48.7 Å². The maximum absolute atomic E-state index is 13.7. The molecule has 0 unspecified atom stereocenters. The predicted octanol–water partition coefficient (Wildman–Crippen LogP) is 5.73. The van der Waals surface area contributed by atoms with Crippen molar-refractivity contribution in [2.24, 2.45) is 5.41 Å². The van der Waals surface area contributed by atoms with E-state index in [1.807, 2.05) is 39.8 Å². The molecule has 1 amide bonds. The van der Waals surface area contributed by atoms with E-state index in [2.05, 4.69) is 10.6 Å². The van der Waals surface area contributed by atoms with Crippen molar-refractivity contribution in [2.75, 3.05) is 22.6 Å². The molecule has 5 rings (SSSR count). The second kappa shape index (κ2) is 9.98. The Balaban J connectivity index is 1.51. The van der Waals surface area contributed by atoms with E-state index in [0.717, 1.165) is 5.76 Å². The van der Waals surface area contributed by atoms with Crippen LogP contribution in [0.4, 0.5) is 22.7 Å². The molecule has 1 aliphatic rings. The Kier molecular flexibility index (Phi) is 6.79. The average molecular weight is 562 g/mol. The van der Waals surface area contributed by atoms with Crippen LogP contribution in [0.1, 0.15) is 64.6 Å². The zero-order valence-electron chi connectivity index (χ0n) is 22.7. The normalized spacial score (nSPS) is 13.8. The Morgan fingerprint density at radius 2 is 1.73 bits per heavy atom. The smallest absolute Gasteiger partial charge is 0.339 e. The number of carbonyl (C=O) groups excluding carboxylic acids is 2. The molecule has 0 spiro atoms. The van der Waals surface area contributed by atoms with E-state index in [9.17, 15) is 19.2 Å². The van der Waals surface area contributed by atoms with Gasteiger partial charge in [-0.3, -0.25) is 14.4 Å². The SMILES string of the molecule is COC(=O)c1ccccc1N1Cc2c(Cl)ccc(Nc3c(N[C@@H](c4ccc(C)o4)C(C)(C)C)c(=O)c3=O)c2C1=O. The van der Waals surface area contributed by atoms with Gasteiger partial charge in [-0.2, -0.15) is 0 Å². The van der Waals surface area contributed by atoms with Crippen molar-refractivity contribution in [2.45, 2.75) is 40.3 Å². The molecule has 10 heteroatoms. The Labute approximate surface area is 235 Å². The number of methoxy groups -OCH3 is 1. The van der Waals surface area contributed by atoms with Crippen LogP contribution in [0.25, 0.3) is 0 Å². The number of hydrogen-bond donors (Lipinski definition) is 2. The molecule has 1 aliphatic heterocycles. The molecule has 206 valence electrons. The third-order valence-electron chi connectivity index (χ3n) is 7.00. The predicted molar refractivity (Wildman–Crippen MR) is 154 cm³/mol. The number of furan rings is 1. The Bertz CT molecular complexity index is 1720. The van der Waals surface area contributed by atoms with Crippen LogP contribution in [0.3, 0.4) is 0 Å². The largest absolute Gasteiger partial charge is 0.465 e. The molecule has 2 N–H and O–H groups in total. The van der Waals surface area contributed by atoms with E-state index >= 15 is 0 Å². The summed E-state index contributed by atoms with van der Waals surface area (Å²) in [6, 6.07) is 13.1. The van der Waals surface area contributed by atoms with Crippen molar-refractivity contribution in [1.82, 2.24) is 0 Å². The minimum Gasteiger partial charge on any atom is -0.465 e. The van der Waals surface area contributed by atoms with Crippen molar-refractivity contribution < 1.29 is 18.7 Å². The van der Waals surface area contributed by atoms with Gasteiger partial charge in [0.2, 0.25) is 0 Å². The van der Waals surface area contributed by atoms with E-state index in [0.29, 0.717) is 27.7 Å². The van der Waals surface area contributed by atoms with E-state index < -0.39 is 28.8 Å². The van der Waals surface area contributed by atoms with Gasteiger partial charge in [-0.25, -0.2) is 4.79 Å². The van der Waals surface area contributed by atoms with Gasteiger partial charge in [0.1, 0.15) is 22.9 Å². The maximum Gasteiger partial charge on any atom is 0.339 e. The van der Waals surface area contributed by atoms with Gasteiger partial charge in [0.25, 0.3) is 16.8 Å². The van der Waals surface area contributed by atoms with Crippen LogP contribution in [-0.4, -0.2) is 19.0 Å². The molecule has 0 saturated carbocycles. The number of amides is 1. The third kappa shape index (κ3) is 4.56. The number of hydrogen-bond acceptors (Lipinski definition) is 8. The van der Waals surface area contributed by atoms with Crippen molar-refractivity contribution in [3.63, 3.8) is 0 Å². The molecule has 3 aromatic carbocycles. The fourth-order valence-corrected chi connectivity index (χ4v) is 5.14. The zero-order chi connectivity index (χ0) is 28.9. The number of fused-ring (bicyclic) bond motifs is 1. The number of rotatable bonds is 7. The van der Waals surface area contributed by atoms with Gasteiger partial charge < -0.3 is 24.7 Å². The highest BCUT2D eigenvalue weighted by atomic mass is 35.5. The second-order valence-electron chi connectivity index (χ2n) is 10.8. The highest BCUT2D eigenvalue weighted by Crippen LogP contribution is 2.41. The number of nitrogens with one attached hydrogen (secondary N) is 2. The number of carbonyl (C=O) groups is 2. The maximum atomic E-state index is 13.7. The fourth-order valence-electron chi connectivity index (χ4n) is 4.93. The van der Waals surface area contributed by atoms with E-state index in [-0.39, 0.29) is 34.5 Å². The number of halogens is 1. The zero-order valence-corrected chi connectivity index (χ0v) is 23.4. The number of benzene rings is 2. The molecule has 4 aromatic rings. The first kappa shape index (κ1) is 27.2. The van der Waals surface area contributed by atoms with Crippen molar-refractivity contribution in [3.05, 3.63) is 102 Å². The van der Waals surface area contributed by atoms with Crippen molar-refractivity contribution in [3.8, 4) is 0 Å². The highest BCUT2D eigenvalue weighted by molar-refractivity contribution is 6.33. The second-order valence-corrected chi connectivity index (χ2v) is 11.2. The minimum absolute atomic E-state index is 0.0493. The molecule has 40 heavy (non-hydrogen) atoms. The van der Waals surface area contributed by atoms with Gasteiger partial charge in [0, 0.05) is 10.6 Å². The van der Waals surface area contributed by atoms with E-state index in [4.69, 9.17) is 20.8 Å². The van der Waals surface area contributed by atoms with Crippen LogP contribution in [0.15, 0.2) is 62.5 Å². The summed E-state index contributed by atoms with van der Waals surface area (Å²) in [4.78, 5) is 53.0. The molecule has 2 heterocycles. The minimum atomic E-state index is -0.701. The van der Waals surface area contributed by atoms with Crippen LogP contribution in [-0.2, 0) is 11.3 Å². The Morgan fingerprint density at radius 1 is 1.02 bits per heavy atom. The lowest BCUT2D eigenvalue weighted by atomic mass is 9.85. The van der Waals surface area contributed by atoms with Gasteiger partial charge in [0.15, 0.2) is 0 Å². The summed E-state index contributed by atoms with van der Waals surface area (Å²) in [5, 5.41) is 6.58. The molecule has 9 nitrogen and oxygen atoms in total. The standard InChI is InChI=1S/C30H28ClN3O6/c1-15-10-13-21(40-15)27(30(2,3)4)33-24-23(25(35)26(24)36)32-19-12-11-18(31)17-14-34(28(37)22(17)19)20-9-7-6-8-16(20)29(38)39-5/h6-13,27,32-33H,14H2,1-5H3/t27-/m0/s1. The lowest BCUT2D eigenvalue weighted by molar-refractivity contribution is 0.0601. The van der Waals surface area contributed by atoms with Crippen LogP contribution < -0.4 is 26.4 Å². The summed E-state index contributed by atoms with van der Waals surface area (Å²) in [7, 11) is 1.27. The molecule has 0 bridgehead atoms. The molecular formula is C30H28ClN3O6. The number of nitrogens with zero attached hydrogens (tertiary/aromatic N) is 1. The average Bonchev–Trinajstić information content (AvgIpc) is 3.51. The number of esters is 1. The molecule has 0 saturated heterocycles. The molecule has 0 aliphatic carbocycles. The van der Waals surface area contributed by atoms with E-state index in [1.165, 1.54) is 12.0 Å². The van der Waals surface area contributed by atoms with Crippen molar-refractivity contribution in [1.29, 1.82) is 0 Å². The first-order chi connectivity index (χ1) is 18.9. The van der Waals surface area contributed by atoms with Crippen molar-refractivity contribution >= 4 is 46.2 Å². The first-order valence-corrected chi connectivity index (χ1v) is 13.0. The fraction of sp³-hybridized carbons (Fsp3) is 0.267. The number of aryl methyl sites for hydroxylation is 1. The van der Waals surface area contributed by atoms with Crippen LogP contribution in [0.5, 0.6) is 0 Å². The van der Waals surface area contributed by atoms with Crippen LogP contribution in [0.2, 0.25) is 5.02 Å². The number of anilines is 4. The summed E-state index contributed by atoms with van der Waals surface area (Å²) in [6.45, 7) is 7.92. The Hall–Kier alpha value is -4.37. The Morgan fingerprint density at radius 3 is 2.38 bits per heavy atom. The molecule has 0 fully saturated rings. The topological polar surface area (TPSA) is 118 Å². The summed E-state index contributed by atoms with van der Waals surface area (Å²) >= 11 is 6.49. The molecule has 1 aromatic heterocycles. The van der Waals surface area contributed by atoms with E-state index in [1.54, 1.807) is 36.4 Å². The third-order valence-corrected chi connectivity index (χ3v) is 7.36. The molecule has 0 radical (unpaired) electrons. The quantitative estimate of drug-likeness (QED) is 0.217. The number of para-hydroxylation sites is 1. The summed E-state index contributed by atoms with van der Waals surface area (Å²) < 4.78 is 10.7. The van der Waals surface area contributed by atoms with Gasteiger partial charge in [-0.15, -0.1) is 0 Å². The first-order valence-electron chi connectivity index (χ1n) is 12.7. The lowest BCUT2D eigenvalue weighted by Crippen LogP contribution is -2.39. The van der Waals surface area contributed by atoms with Crippen LogP contribution in [0, 0.1) is 12.3 Å². The molecular weight excluding hydrogens is 534 g/mol. The monoisotopic (exact) mass is 561 g/mol. The summed E-state index contributed by atoms with van der Waals surface area (Å²) in [5.41, 5.74) is 0.129. The number of ether oxygens (including phenoxy) is 1.